The van der Waals surface area contributed by atoms with Crippen molar-refractivity contribution in [2.45, 2.75) is 0 Å². The van der Waals surface area contributed by atoms with Gasteiger partial charge in [-0.15, -0.1) is 0 Å². The van der Waals surface area contributed by atoms with Gasteiger partial charge in [0, 0.05) is 5.56 Å². The highest BCUT2D eigenvalue weighted by atomic mass is 16.5. The fraction of sp³-hybridized carbons (Fsp3) is 0. The summed E-state index contributed by atoms with van der Waals surface area (Å²) in [5.41, 5.74) is 5.83. The normalized spacial score (nSPS) is 10.2. The molecule has 0 aliphatic carbocycles. The molecule has 2 aromatic rings. The number of hydrogen-bond acceptors (Lipinski definition) is 5. The van der Waals surface area contributed by atoms with E-state index >= 15 is 0 Å². The van der Waals surface area contributed by atoms with Gasteiger partial charge in [-0.1, -0.05) is 5.16 Å². The van der Waals surface area contributed by atoms with Crippen LogP contribution in [0.5, 0.6) is 5.75 Å². The monoisotopic (exact) mass is 220 g/mol. The number of carboxylic acids is 1. The number of aromatic nitrogens is 1. The fourth-order valence-electron chi connectivity index (χ4n) is 1.33. The molecule has 6 nitrogen and oxygen atoms in total. The van der Waals surface area contributed by atoms with Gasteiger partial charge in [-0.05, 0) is 24.3 Å². The second-order valence-corrected chi connectivity index (χ2v) is 3.12. The van der Waals surface area contributed by atoms with Gasteiger partial charge in [0.2, 0.25) is 5.88 Å². The van der Waals surface area contributed by atoms with Crippen molar-refractivity contribution in [3.63, 3.8) is 0 Å². The highest BCUT2D eigenvalue weighted by Crippen LogP contribution is 2.27. The van der Waals surface area contributed by atoms with E-state index in [-0.39, 0.29) is 22.9 Å². The van der Waals surface area contributed by atoms with Crippen molar-refractivity contribution < 1.29 is 19.5 Å². The summed E-state index contributed by atoms with van der Waals surface area (Å²) in [5.74, 6) is -1.37. The minimum Gasteiger partial charge on any atom is -0.508 e. The number of benzene rings is 1. The SMILES string of the molecule is Nc1onc(-c2ccc(O)cc2)c1C(=O)O. The predicted molar refractivity (Wildman–Crippen MR) is 55.0 cm³/mol. The van der Waals surface area contributed by atoms with Crippen LogP contribution in [0.3, 0.4) is 0 Å². The number of nitrogens with two attached hydrogens (primary N) is 1. The molecule has 82 valence electrons. The van der Waals surface area contributed by atoms with Crippen LogP contribution in [0.1, 0.15) is 10.4 Å². The lowest BCUT2D eigenvalue weighted by atomic mass is 10.1. The van der Waals surface area contributed by atoms with E-state index in [1.807, 2.05) is 0 Å². The fourth-order valence-corrected chi connectivity index (χ4v) is 1.33. The molecule has 0 amide bonds. The maximum Gasteiger partial charge on any atom is 0.343 e. The van der Waals surface area contributed by atoms with Crippen LogP contribution in [0.4, 0.5) is 5.88 Å². The summed E-state index contributed by atoms with van der Waals surface area (Å²) in [6.45, 7) is 0. The Hall–Kier alpha value is -2.50. The first-order valence-electron chi connectivity index (χ1n) is 4.37. The molecule has 16 heavy (non-hydrogen) atoms. The Labute approximate surface area is 89.9 Å². The number of aromatic carboxylic acids is 1. The van der Waals surface area contributed by atoms with Gasteiger partial charge < -0.3 is 20.5 Å². The smallest absolute Gasteiger partial charge is 0.343 e. The van der Waals surface area contributed by atoms with Crippen molar-refractivity contribution >= 4 is 11.9 Å². The van der Waals surface area contributed by atoms with Crippen LogP contribution in [0, 0.1) is 0 Å². The molecule has 0 spiro atoms. The number of anilines is 1. The predicted octanol–water partition coefficient (Wildman–Crippen LogP) is 1.33. The lowest BCUT2D eigenvalue weighted by Gasteiger charge is -1.98. The zero-order valence-electron chi connectivity index (χ0n) is 8.04. The van der Waals surface area contributed by atoms with E-state index < -0.39 is 5.97 Å². The number of nitrogens with zero attached hydrogens (tertiary/aromatic N) is 1. The maximum atomic E-state index is 10.9. The number of aromatic hydroxyl groups is 1. The molecular formula is C10H8N2O4. The van der Waals surface area contributed by atoms with Crippen LogP contribution in [-0.4, -0.2) is 21.3 Å². The molecule has 0 radical (unpaired) electrons. The van der Waals surface area contributed by atoms with Crippen molar-refractivity contribution in [1.29, 1.82) is 0 Å². The van der Waals surface area contributed by atoms with Gasteiger partial charge in [0.25, 0.3) is 0 Å². The first-order valence-corrected chi connectivity index (χ1v) is 4.37. The molecule has 0 unspecified atom stereocenters. The molecule has 0 bridgehead atoms. The second kappa shape index (κ2) is 3.58. The largest absolute Gasteiger partial charge is 0.508 e. The van der Waals surface area contributed by atoms with Gasteiger partial charge in [0.05, 0.1) is 0 Å². The zero-order chi connectivity index (χ0) is 11.7. The van der Waals surface area contributed by atoms with Gasteiger partial charge in [-0.3, -0.25) is 0 Å². The summed E-state index contributed by atoms with van der Waals surface area (Å²) in [4.78, 5) is 10.9. The van der Waals surface area contributed by atoms with E-state index in [9.17, 15) is 4.79 Å². The van der Waals surface area contributed by atoms with Crippen LogP contribution in [0.2, 0.25) is 0 Å². The molecule has 2 rings (SSSR count). The molecular weight excluding hydrogens is 212 g/mol. The molecule has 0 saturated carbocycles. The third-order valence-corrected chi connectivity index (χ3v) is 2.07. The van der Waals surface area contributed by atoms with E-state index in [1.54, 1.807) is 0 Å². The topological polar surface area (TPSA) is 110 Å². The number of hydrogen-bond donors (Lipinski definition) is 3. The minimum absolute atomic E-state index is 0.0806. The Bertz CT molecular complexity index is 530. The quantitative estimate of drug-likeness (QED) is 0.704. The van der Waals surface area contributed by atoms with E-state index in [0.717, 1.165) is 0 Å². The van der Waals surface area contributed by atoms with Crippen molar-refractivity contribution in [2.24, 2.45) is 0 Å². The summed E-state index contributed by atoms with van der Waals surface area (Å²) >= 11 is 0. The molecule has 4 N–H and O–H groups in total. The minimum atomic E-state index is -1.21. The molecule has 0 fully saturated rings. The molecule has 0 saturated heterocycles. The van der Waals surface area contributed by atoms with E-state index in [1.165, 1.54) is 24.3 Å². The zero-order valence-corrected chi connectivity index (χ0v) is 8.04. The third-order valence-electron chi connectivity index (χ3n) is 2.07. The number of rotatable bonds is 2. The molecule has 0 aliphatic rings. The van der Waals surface area contributed by atoms with E-state index in [4.69, 9.17) is 15.9 Å². The Balaban J connectivity index is 2.56. The van der Waals surface area contributed by atoms with Crippen LogP contribution in [-0.2, 0) is 0 Å². The Morgan fingerprint density at radius 2 is 1.94 bits per heavy atom. The Morgan fingerprint density at radius 3 is 2.50 bits per heavy atom. The third kappa shape index (κ3) is 1.56. The first kappa shape index (κ1) is 10.0. The second-order valence-electron chi connectivity index (χ2n) is 3.12. The van der Waals surface area contributed by atoms with Crippen LogP contribution >= 0.6 is 0 Å². The number of phenolic OH excluding ortho intramolecular Hbond substituents is 1. The average molecular weight is 220 g/mol. The van der Waals surface area contributed by atoms with Gasteiger partial charge in [-0.25, -0.2) is 4.79 Å². The van der Waals surface area contributed by atoms with Crippen molar-refractivity contribution in [3.8, 4) is 17.0 Å². The number of nitrogen functional groups attached to an aromatic ring is 1. The molecule has 1 heterocycles. The Morgan fingerprint density at radius 1 is 1.31 bits per heavy atom. The molecule has 1 aromatic heterocycles. The summed E-state index contributed by atoms with van der Waals surface area (Å²) in [6.07, 6.45) is 0. The maximum absolute atomic E-state index is 10.9. The highest BCUT2D eigenvalue weighted by molar-refractivity contribution is 5.98. The molecule has 1 aromatic carbocycles. The molecule has 0 aliphatic heterocycles. The standard InChI is InChI=1S/C10H8N2O4/c11-9-7(10(14)15)8(12-16-9)5-1-3-6(13)4-2-5/h1-4,13H,11H2,(H,14,15). The Kier molecular flexibility index (Phi) is 2.24. The van der Waals surface area contributed by atoms with Gasteiger partial charge in [0.1, 0.15) is 11.4 Å². The van der Waals surface area contributed by atoms with Gasteiger partial charge in [-0.2, -0.15) is 0 Å². The van der Waals surface area contributed by atoms with Crippen molar-refractivity contribution in [3.05, 3.63) is 29.8 Å². The lowest BCUT2D eigenvalue weighted by Crippen LogP contribution is -2.00. The highest BCUT2D eigenvalue weighted by Gasteiger charge is 2.21. The lowest BCUT2D eigenvalue weighted by molar-refractivity contribution is 0.0698. The van der Waals surface area contributed by atoms with Gasteiger partial charge in [0.15, 0.2) is 5.56 Å². The molecule has 0 atom stereocenters. The summed E-state index contributed by atoms with van der Waals surface area (Å²) in [7, 11) is 0. The number of phenols is 1. The summed E-state index contributed by atoms with van der Waals surface area (Å²) in [6, 6.07) is 5.90. The van der Waals surface area contributed by atoms with E-state index in [0.29, 0.717) is 5.56 Å². The van der Waals surface area contributed by atoms with Crippen molar-refractivity contribution in [2.75, 3.05) is 5.73 Å². The summed E-state index contributed by atoms with van der Waals surface area (Å²) in [5, 5.41) is 21.6. The van der Waals surface area contributed by atoms with Crippen LogP contribution in [0.25, 0.3) is 11.3 Å². The van der Waals surface area contributed by atoms with Gasteiger partial charge >= 0.3 is 5.97 Å². The van der Waals surface area contributed by atoms with Crippen molar-refractivity contribution in [1.82, 2.24) is 5.16 Å². The average Bonchev–Trinajstić information content (AvgIpc) is 2.61. The number of carboxylic acid groups (broad SMARTS) is 1. The van der Waals surface area contributed by atoms with Crippen LogP contribution in [0.15, 0.2) is 28.8 Å². The van der Waals surface area contributed by atoms with E-state index in [2.05, 4.69) is 9.68 Å². The number of carbonyl (C=O) groups is 1. The van der Waals surface area contributed by atoms with Crippen LogP contribution < -0.4 is 5.73 Å². The molecule has 6 heteroatoms. The first-order chi connectivity index (χ1) is 7.59. The summed E-state index contributed by atoms with van der Waals surface area (Å²) < 4.78 is 4.63.